The van der Waals surface area contributed by atoms with Crippen LogP contribution in [0.5, 0.6) is 0 Å². The van der Waals surface area contributed by atoms with Gasteiger partial charge in [-0.15, -0.1) is 0 Å². The highest BCUT2D eigenvalue weighted by Gasteiger charge is 2.15. The number of hydrogen-bond acceptors (Lipinski definition) is 0. The fraction of sp³-hybridized carbons (Fsp3) is 0.143. The molecule has 1 atom stereocenters. The van der Waals surface area contributed by atoms with Crippen molar-refractivity contribution >= 4 is 43.5 Å². The lowest BCUT2D eigenvalue weighted by molar-refractivity contribution is 0.608. The fourth-order valence-electron chi connectivity index (χ4n) is 1.75. The molecule has 0 aliphatic heterocycles. The number of hydrogen-bond donors (Lipinski definition) is 0. The molecule has 0 aliphatic rings. The molecule has 0 spiro atoms. The molecule has 0 radical (unpaired) electrons. The van der Waals surface area contributed by atoms with Gasteiger partial charge in [0.15, 0.2) is 0 Å². The Hall–Kier alpha value is -0.380. The molecule has 0 fully saturated rings. The van der Waals surface area contributed by atoms with Crippen LogP contribution < -0.4 is 0 Å². The van der Waals surface area contributed by atoms with Crippen LogP contribution in [-0.2, 0) is 6.42 Å². The largest absolute Gasteiger partial charge is 0.207 e. The van der Waals surface area contributed by atoms with E-state index in [0.29, 0.717) is 17.0 Å². The molecule has 0 N–H and O–H groups in total. The van der Waals surface area contributed by atoms with Crippen molar-refractivity contribution in [3.8, 4) is 0 Å². The van der Waals surface area contributed by atoms with E-state index < -0.39 is 0 Å². The molecule has 0 amide bonds. The van der Waals surface area contributed by atoms with Crippen LogP contribution in [0.3, 0.4) is 0 Å². The van der Waals surface area contributed by atoms with E-state index in [1.807, 2.05) is 24.3 Å². The van der Waals surface area contributed by atoms with Crippen LogP contribution in [0.2, 0.25) is 5.02 Å². The fourth-order valence-corrected chi connectivity index (χ4v) is 3.58. The topological polar surface area (TPSA) is 0 Å². The molecule has 2 rings (SSSR count). The maximum atomic E-state index is 13.7. The SMILES string of the molecule is Fc1cccc(Cl)c1CC(Br)c1ccccc1Br. The lowest BCUT2D eigenvalue weighted by atomic mass is 10.0. The van der Waals surface area contributed by atoms with E-state index in [1.54, 1.807) is 12.1 Å². The summed E-state index contributed by atoms with van der Waals surface area (Å²) in [6, 6.07) is 12.6. The van der Waals surface area contributed by atoms with E-state index >= 15 is 0 Å². The van der Waals surface area contributed by atoms with Gasteiger partial charge in [0.25, 0.3) is 0 Å². The van der Waals surface area contributed by atoms with Crippen molar-refractivity contribution in [1.82, 2.24) is 0 Å². The number of alkyl halides is 1. The Morgan fingerprint density at radius 3 is 2.50 bits per heavy atom. The third kappa shape index (κ3) is 3.14. The van der Waals surface area contributed by atoms with Gasteiger partial charge in [-0.2, -0.15) is 0 Å². The second-order valence-electron chi connectivity index (χ2n) is 3.89. The Kier molecular flexibility index (Phi) is 4.82. The van der Waals surface area contributed by atoms with Gasteiger partial charge in [-0.3, -0.25) is 0 Å². The molecule has 2 aromatic carbocycles. The molecule has 0 bridgehead atoms. The van der Waals surface area contributed by atoms with Gasteiger partial charge in [0.2, 0.25) is 0 Å². The first-order valence-corrected chi connectivity index (χ1v) is 7.49. The molecule has 94 valence electrons. The smallest absolute Gasteiger partial charge is 0.127 e. The normalized spacial score (nSPS) is 12.4. The van der Waals surface area contributed by atoms with Gasteiger partial charge in [-0.05, 0) is 30.2 Å². The van der Waals surface area contributed by atoms with Gasteiger partial charge in [-0.1, -0.05) is 67.7 Å². The highest BCUT2D eigenvalue weighted by Crippen LogP contribution is 2.34. The van der Waals surface area contributed by atoms with Gasteiger partial charge < -0.3 is 0 Å². The summed E-state index contributed by atoms with van der Waals surface area (Å²) in [4.78, 5) is 0.0162. The zero-order chi connectivity index (χ0) is 13.1. The molecule has 0 saturated carbocycles. The molecule has 1 unspecified atom stereocenters. The third-order valence-electron chi connectivity index (χ3n) is 2.69. The van der Waals surface area contributed by atoms with Crippen LogP contribution >= 0.6 is 43.5 Å². The van der Waals surface area contributed by atoms with Gasteiger partial charge in [-0.25, -0.2) is 4.39 Å². The maximum absolute atomic E-state index is 13.7. The quantitative estimate of drug-likeness (QED) is 0.569. The van der Waals surface area contributed by atoms with E-state index in [4.69, 9.17) is 11.6 Å². The van der Waals surface area contributed by atoms with Crippen molar-refractivity contribution in [2.75, 3.05) is 0 Å². The zero-order valence-corrected chi connectivity index (χ0v) is 13.3. The lowest BCUT2D eigenvalue weighted by Crippen LogP contribution is -1.99. The zero-order valence-electron chi connectivity index (χ0n) is 9.34. The van der Waals surface area contributed by atoms with E-state index in [1.165, 1.54) is 6.07 Å². The molecule has 0 nitrogen and oxygen atoms in total. The minimum atomic E-state index is -0.265. The van der Waals surface area contributed by atoms with Gasteiger partial charge in [0.05, 0.1) is 0 Å². The Morgan fingerprint density at radius 2 is 1.83 bits per heavy atom. The standard InChI is InChI=1S/C14H10Br2ClF/c15-11-5-2-1-4-9(11)12(16)8-10-13(17)6-3-7-14(10)18/h1-7,12H,8H2. The van der Waals surface area contributed by atoms with Crippen LogP contribution in [0.1, 0.15) is 16.0 Å². The molecule has 0 aromatic heterocycles. The average molecular weight is 392 g/mol. The summed E-state index contributed by atoms with van der Waals surface area (Å²) >= 11 is 13.1. The predicted molar refractivity (Wildman–Crippen MR) is 80.9 cm³/mol. The first-order chi connectivity index (χ1) is 8.59. The molecule has 0 saturated heterocycles. The third-order valence-corrected chi connectivity index (χ3v) is 4.58. The van der Waals surface area contributed by atoms with Crippen molar-refractivity contribution < 1.29 is 4.39 Å². The summed E-state index contributed by atoms with van der Waals surface area (Å²) in [5, 5.41) is 0.464. The Balaban J connectivity index is 2.27. The summed E-state index contributed by atoms with van der Waals surface area (Å²) in [6.45, 7) is 0. The number of rotatable bonds is 3. The van der Waals surface area contributed by atoms with Crippen molar-refractivity contribution in [1.29, 1.82) is 0 Å². The molecule has 18 heavy (non-hydrogen) atoms. The molecule has 4 heteroatoms. The van der Waals surface area contributed by atoms with Crippen LogP contribution in [0.4, 0.5) is 4.39 Å². The molecular weight excluding hydrogens is 382 g/mol. The summed E-state index contributed by atoms with van der Waals surface area (Å²) < 4.78 is 14.7. The second kappa shape index (κ2) is 6.18. The van der Waals surface area contributed by atoms with Crippen LogP contribution in [0.15, 0.2) is 46.9 Å². The first-order valence-electron chi connectivity index (χ1n) is 5.41. The van der Waals surface area contributed by atoms with Crippen molar-refractivity contribution in [2.24, 2.45) is 0 Å². The Bertz CT molecular complexity index is 537. The van der Waals surface area contributed by atoms with Crippen LogP contribution in [0, 0.1) is 5.82 Å². The van der Waals surface area contributed by atoms with E-state index in [2.05, 4.69) is 31.9 Å². The van der Waals surface area contributed by atoms with Gasteiger partial charge in [0, 0.05) is 19.9 Å². The van der Waals surface area contributed by atoms with Gasteiger partial charge in [0.1, 0.15) is 5.82 Å². The number of halogens is 4. The summed E-state index contributed by atoms with van der Waals surface area (Å²) in [7, 11) is 0. The monoisotopic (exact) mass is 390 g/mol. The second-order valence-corrected chi connectivity index (χ2v) is 6.26. The maximum Gasteiger partial charge on any atom is 0.127 e. The van der Waals surface area contributed by atoms with Crippen molar-refractivity contribution in [2.45, 2.75) is 11.2 Å². The number of benzene rings is 2. The van der Waals surface area contributed by atoms with Crippen molar-refractivity contribution in [3.05, 3.63) is 68.9 Å². The van der Waals surface area contributed by atoms with Crippen LogP contribution in [-0.4, -0.2) is 0 Å². The van der Waals surface area contributed by atoms with E-state index in [9.17, 15) is 4.39 Å². The van der Waals surface area contributed by atoms with E-state index in [-0.39, 0.29) is 10.6 Å². The summed E-state index contributed by atoms with van der Waals surface area (Å²) in [6.07, 6.45) is 0.508. The highest BCUT2D eigenvalue weighted by atomic mass is 79.9. The van der Waals surface area contributed by atoms with Crippen molar-refractivity contribution in [3.63, 3.8) is 0 Å². The average Bonchev–Trinajstić information content (AvgIpc) is 2.34. The highest BCUT2D eigenvalue weighted by molar-refractivity contribution is 9.11. The Labute approximate surface area is 127 Å². The molecule has 0 heterocycles. The molecule has 2 aromatic rings. The Morgan fingerprint density at radius 1 is 1.11 bits per heavy atom. The summed E-state index contributed by atoms with van der Waals surface area (Å²) in [5.74, 6) is -0.265. The predicted octanol–water partition coefficient (Wildman–Crippen LogP) is 5.92. The lowest BCUT2D eigenvalue weighted by Gasteiger charge is -2.13. The minimum Gasteiger partial charge on any atom is -0.207 e. The van der Waals surface area contributed by atoms with Crippen LogP contribution in [0.25, 0.3) is 0 Å². The minimum absolute atomic E-state index is 0.0162. The first kappa shape index (κ1) is 14.0. The molecular formula is C14H10Br2ClF. The summed E-state index contributed by atoms with van der Waals surface area (Å²) in [5.41, 5.74) is 1.62. The molecule has 0 aliphatic carbocycles. The van der Waals surface area contributed by atoms with Gasteiger partial charge >= 0.3 is 0 Å². The van der Waals surface area contributed by atoms with E-state index in [0.717, 1.165) is 10.0 Å².